The number of hydrogen-bond donors (Lipinski definition) is 1. The van der Waals surface area contributed by atoms with Gasteiger partial charge in [0.15, 0.2) is 0 Å². The number of rotatable bonds is 5. The highest BCUT2D eigenvalue weighted by Gasteiger charge is 1.91. The van der Waals surface area contributed by atoms with Gasteiger partial charge in [-0.1, -0.05) is 6.08 Å². The molecule has 0 aliphatic heterocycles. The zero-order valence-corrected chi connectivity index (χ0v) is 8.50. The lowest BCUT2D eigenvalue weighted by Gasteiger charge is -2.09. The van der Waals surface area contributed by atoms with Crippen LogP contribution in [0, 0.1) is 0 Å². The van der Waals surface area contributed by atoms with E-state index in [0.29, 0.717) is 0 Å². The Labute approximate surface area is 82.3 Å². The molecule has 0 bridgehead atoms. The first kappa shape index (κ1) is 10.4. The maximum absolute atomic E-state index is 8.71. The third-order valence-corrected chi connectivity index (χ3v) is 2.37. The second kappa shape index (κ2) is 5.85. The summed E-state index contributed by atoms with van der Waals surface area (Å²) in [6.07, 6.45) is 6.82. The van der Waals surface area contributed by atoms with Crippen molar-refractivity contribution in [3.8, 4) is 0 Å². The SMILES string of the molecule is CN(CO)CC/C=C/c1nccs1. The monoisotopic (exact) mass is 198 g/mol. The molecule has 72 valence electrons. The molecule has 1 rings (SSSR count). The molecule has 0 aliphatic carbocycles. The van der Waals surface area contributed by atoms with Gasteiger partial charge in [-0.25, -0.2) is 4.98 Å². The average molecular weight is 198 g/mol. The number of aliphatic hydroxyl groups is 1. The van der Waals surface area contributed by atoms with Crippen LogP contribution in [0.4, 0.5) is 0 Å². The summed E-state index contributed by atoms with van der Waals surface area (Å²) in [5.41, 5.74) is 0. The lowest BCUT2D eigenvalue weighted by atomic mass is 10.3. The van der Waals surface area contributed by atoms with Crippen molar-refractivity contribution < 1.29 is 5.11 Å². The predicted molar refractivity (Wildman–Crippen MR) is 55.5 cm³/mol. The van der Waals surface area contributed by atoms with Crippen LogP contribution in [0.5, 0.6) is 0 Å². The van der Waals surface area contributed by atoms with Gasteiger partial charge in [-0.3, -0.25) is 4.90 Å². The molecule has 0 aromatic carbocycles. The number of thiazole rings is 1. The molecule has 1 heterocycles. The first-order valence-electron chi connectivity index (χ1n) is 4.18. The zero-order valence-electron chi connectivity index (χ0n) is 7.68. The average Bonchev–Trinajstić information content (AvgIpc) is 2.64. The van der Waals surface area contributed by atoms with E-state index in [1.807, 2.05) is 23.4 Å². The third-order valence-electron chi connectivity index (χ3n) is 1.63. The van der Waals surface area contributed by atoms with Gasteiger partial charge in [0.05, 0.1) is 6.73 Å². The molecule has 0 amide bonds. The van der Waals surface area contributed by atoms with E-state index in [2.05, 4.69) is 11.1 Å². The van der Waals surface area contributed by atoms with E-state index in [-0.39, 0.29) is 6.73 Å². The van der Waals surface area contributed by atoms with Gasteiger partial charge in [-0.15, -0.1) is 11.3 Å². The third kappa shape index (κ3) is 4.17. The van der Waals surface area contributed by atoms with Crippen LogP contribution in [0.3, 0.4) is 0 Å². The van der Waals surface area contributed by atoms with Crippen LogP contribution in [-0.2, 0) is 0 Å². The maximum atomic E-state index is 8.71. The van der Waals surface area contributed by atoms with Gasteiger partial charge in [-0.2, -0.15) is 0 Å². The first-order valence-corrected chi connectivity index (χ1v) is 5.06. The number of hydrogen-bond acceptors (Lipinski definition) is 4. The largest absolute Gasteiger partial charge is 0.381 e. The zero-order chi connectivity index (χ0) is 9.52. The summed E-state index contributed by atoms with van der Waals surface area (Å²) in [4.78, 5) is 5.98. The predicted octanol–water partition coefficient (Wildman–Crippen LogP) is 1.43. The van der Waals surface area contributed by atoms with E-state index in [1.165, 1.54) is 0 Å². The first-order chi connectivity index (χ1) is 6.33. The standard InChI is InChI=1S/C9H14N2OS/c1-11(8-12)6-3-2-4-9-10-5-7-13-9/h2,4-5,7,12H,3,6,8H2,1H3/b4-2+. The lowest BCUT2D eigenvalue weighted by Crippen LogP contribution is -2.19. The van der Waals surface area contributed by atoms with E-state index in [0.717, 1.165) is 18.0 Å². The minimum Gasteiger partial charge on any atom is -0.381 e. The number of aliphatic hydroxyl groups excluding tert-OH is 1. The summed E-state index contributed by atoms with van der Waals surface area (Å²) in [6.45, 7) is 0.990. The van der Waals surface area contributed by atoms with E-state index >= 15 is 0 Å². The molecular formula is C9H14N2OS. The van der Waals surface area contributed by atoms with Crippen LogP contribution in [0.1, 0.15) is 11.4 Å². The molecule has 0 unspecified atom stereocenters. The molecule has 1 N–H and O–H groups in total. The van der Waals surface area contributed by atoms with E-state index in [1.54, 1.807) is 17.5 Å². The van der Waals surface area contributed by atoms with Crippen LogP contribution in [0.2, 0.25) is 0 Å². The summed E-state index contributed by atoms with van der Waals surface area (Å²) >= 11 is 1.63. The molecule has 0 spiro atoms. The van der Waals surface area contributed by atoms with Gasteiger partial charge in [-0.05, 0) is 19.5 Å². The Kier molecular flexibility index (Phi) is 4.67. The van der Waals surface area contributed by atoms with E-state index in [9.17, 15) is 0 Å². The molecular weight excluding hydrogens is 184 g/mol. The molecule has 1 aromatic heterocycles. The van der Waals surface area contributed by atoms with Gasteiger partial charge in [0.25, 0.3) is 0 Å². The quantitative estimate of drug-likeness (QED) is 0.727. The fraction of sp³-hybridized carbons (Fsp3) is 0.444. The van der Waals surface area contributed by atoms with Gasteiger partial charge in [0.2, 0.25) is 0 Å². The van der Waals surface area contributed by atoms with Gasteiger partial charge in [0, 0.05) is 18.1 Å². The van der Waals surface area contributed by atoms with Crippen LogP contribution >= 0.6 is 11.3 Å². The molecule has 0 saturated carbocycles. The molecule has 0 atom stereocenters. The summed E-state index contributed by atoms with van der Waals surface area (Å²) < 4.78 is 0. The lowest BCUT2D eigenvalue weighted by molar-refractivity contribution is 0.135. The summed E-state index contributed by atoms with van der Waals surface area (Å²) in [5, 5.41) is 11.7. The fourth-order valence-electron chi connectivity index (χ4n) is 0.867. The van der Waals surface area contributed by atoms with Crippen molar-refractivity contribution >= 4 is 17.4 Å². The normalized spacial score (nSPS) is 11.6. The molecule has 3 nitrogen and oxygen atoms in total. The highest BCUT2D eigenvalue weighted by atomic mass is 32.1. The van der Waals surface area contributed by atoms with Gasteiger partial charge < -0.3 is 5.11 Å². The summed E-state index contributed by atoms with van der Waals surface area (Å²) in [6, 6.07) is 0. The number of nitrogens with zero attached hydrogens (tertiary/aromatic N) is 2. The summed E-state index contributed by atoms with van der Waals surface area (Å²) in [7, 11) is 1.89. The maximum Gasteiger partial charge on any atom is 0.115 e. The highest BCUT2D eigenvalue weighted by Crippen LogP contribution is 2.06. The summed E-state index contributed by atoms with van der Waals surface area (Å²) in [5.74, 6) is 0. The second-order valence-corrected chi connectivity index (χ2v) is 3.71. The van der Waals surface area contributed by atoms with Gasteiger partial charge >= 0.3 is 0 Å². The van der Waals surface area contributed by atoms with E-state index in [4.69, 9.17) is 5.11 Å². The smallest absolute Gasteiger partial charge is 0.115 e. The Bertz CT molecular complexity index is 246. The van der Waals surface area contributed by atoms with Crippen LogP contribution < -0.4 is 0 Å². The highest BCUT2D eigenvalue weighted by molar-refractivity contribution is 7.10. The Morgan fingerprint density at radius 1 is 1.69 bits per heavy atom. The molecule has 0 aliphatic rings. The molecule has 1 aromatic rings. The van der Waals surface area contributed by atoms with Crippen molar-refractivity contribution in [2.24, 2.45) is 0 Å². The van der Waals surface area contributed by atoms with Crippen LogP contribution in [0.15, 0.2) is 17.7 Å². The second-order valence-electron chi connectivity index (χ2n) is 2.78. The van der Waals surface area contributed by atoms with Crippen molar-refractivity contribution in [2.45, 2.75) is 6.42 Å². The Balaban J connectivity index is 2.19. The molecule has 0 radical (unpaired) electrons. The van der Waals surface area contributed by atoms with Gasteiger partial charge in [0.1, 0.15) is 5.01 Å². The molecule has 0 fully saturated rings. The Morgan fingerprint density at radius 3 is 3.15 bits per heavy atom. The molecule has 4 heteroatoms. The Hall–Kier alpha value is -0.710. The topological polar surface area (TPSA) is 36.4 Å². The molecule has 0 saturated heterocycles. The van der Waals surface area contributed by atoms with E-state index < -0.39 is 0 Å². The Morgan fingerprint density at radius 2 is 2.54 bits per heavy atom. The number of aromatic nitrogens is 1. The fourth-order valence-corrected chi connectivity index (χ4v) is 1.42. The van der Waals surface area contributed by atoms with Crippen LogP contribution in [0.25, 0.3) is 6.08 Å². The minimum absolute atomic E-state index is 0.116. The minimum atomic E-state index is 0.116. The van der Waals surface area contributed by atoms with Crippen molar-refractivity contribution in [1.29, 1.82) is 0 Å². The van der Waals surface area contributed by atoms with Crippen molar-refractivity contribution in [1.82, 2.24) is 9.88 Å². The molecule has 13 heavy (non-hydrogen) atoms. The van der Waals surface area contributed by atoms with Crippen molar-refractivity contribution in [3.63, 3.8) is 0 Å². The van der Waals surface area contributed by atoms with Crippen molar-refractivity contribution in [2.75, 3.05) is 20.3 Å². The van der Waals surface area contributed by atoms with Crippen LogP contribution in [-0.4, -0.2) is 35.3 Å². The van der Waals surface area contributed by atoms with Crippen molar-refractivity contribution in [3.05, 3.63) is 22.7 Å².